The predicted octanol–water partition coefficient (Wildman–Crippen LogP) is 2.26. The smallest absolute Gasteiger partial charge is 0.305 e. The zero-order valence-corrected chi connectivity index (χ0v) is 13.0. The van der Waals surface area contributed by atoms with Crippen LogP contribution in [-0.2, 0) is 19.7 Å². The summed E-state index contributed by atoms with van der Waals surface area (Å²) < 4.78 is 4.75. The van der Waals surface area contributed by atoms with E-state index in [9.17, 15) is 9.59 Å². The minimum absolute atomic E-state index is 0.0279. The number of hydrogen-bond donors (Lipinski definition) is 2. The van der Waals surface area contributed by atoms with Crippen molar-refractivity contribution >= 4 is 11.9 Å². The Labute approximate surface area is 125 Å². The van der Waals surface area contributed by atoms with Gasteiger partial charge in [-0.2, -0.15) is 0 Å². The van der Waals surface area contributed by atoms with Gasteiger partial charge in [0.15, 0.2) is 0 Å². The number of rotatable bonds is 6. The topological polar surface area (TPSA) is 75.6 Å². The molecule has 0 radical (unpaired) electrons. The molecule has 1 amide bonds. The van der Waals surface area contributed by atoms with Crippen molar-refractivity contribution in [2.75, 3.05) is 13.7 Å². The summed E-state index contributed by atoms with van der Waals surface area (Å²) in [6.07, 6.45) is -0.162. The summed E-state index contributed by atoms with van der Waals surface area (Å²) in [4.78, 5) is 22.6. The Morgan fingerprint density at radius 3 is 2.24 bits per heavy atom. The monoisotopic (exact) mass is 293 g/mol. The van der Waals surface area contributed by atoms with Gasteiger partial charge in [0.1, 0.15) is 6.61 Å². The number of hydrogen-bond acceptors (Lipinski definition) is 3. The Balaban J connectivity index is 2.92. The van der Waals surface area contributed by atoms with Gasteiger partial charge in [0, 0.05) is 7.11 Å². The molecule has 0 saturated carbocycles. The highest BCUT2D eigenvalue weighted by Gasteiger charge is 2.19. The van der Waals surface area contributed by atoms with Gasteiger partial charge in [0.05, 0.1) is 12.5 Å². The van der Waals surface area contributed by atoms with E-state index in [1.54, 1.807) is 0 Å². The maximum absolute atomic E-state index is 11.6. The molecule has 1 aromatic rings. The average Bonchev–Trinajstić information content (AvgIpc) is 2.37. The van der Waals surface area contributed by atoms with Crippen LogP contribution in [0.15, 0.2) is 24.3 Å². The first-order valence-corrected chi connectivity index (χ1v) is 6.84. The molecular weight excluding hydrogens is 270 g/mol. The second-order valence-electron chi connectivity index (χ2n) is 6.02. The van der Waals surface area contributed by atoms with E-state index in [0.717, 1.165) is 11.1 Å². The Hall–Kier alpha value is -1.88. The number of methoxy groups -OCH3 is 1. The molecule has 0 aliphatic heterocycles. The molecule has 21 heavy (non-hydrogen) atoms. The number of aliphatic carboxylic acids is 1. The lowest BCUT2D eigenvalue weighted by Crippen LogP contribution is -2.32. The third-order valence-corrected chi connectivity index (χ3v) is 3.17. The van der Waals surface area contributed by atoms with Crippen LogP contribution >= 0.6 is 0 Å². The molecule has 1 atom stereocenters. The Morgan fingerprint density at radius 2 is 1.81 bits per heavy atom. The quantitative estimate of drug-likeness (QED) is 0.843. The minimum Gasteiger partial charge on any atom is -0.481 e. The minimum atomic E-state index is -0.961. The molecular formula is C16H23NO4. The van der Waals surface area contributed by atoms with Gasteiger partial charge in [-0.3, -0.25) is 9.59 Å². The molecule has 116 valence electrons. The van der Waals surface area contributed by atoms with Gasteiger partial charge in [0.25, 0.3) is 0 Å². The fraction of sp³-hybridized carbons (Fsp3) is 0.500. The lowest BCUT2D eigenvalue weighted by Gasteiger charge is -2.21. The van der Waals surface area contributed by atoms with Crippen LogP contribution in [0.1, 0.15) is 44.4 Å². The van der Waals surface area contributed by atoms with Crippen LogP contribution < -0.4 is 5.32 Å². The fourth-order valence-electron chi connectivity index (χ4n) is 2.01. The van der Waals surface area contributed by atoms with Gasteiger partial charge in [-0.1, -0.05) is 45.0 Å². The number of nitrogens with one attached hydrogen (secondary N) is 1. The first-order valence-electron chi connectivity index (χ1n) is 6.84. The van der Waals surface area contributed by atoms with Crippen molar-refractivity contribution in [3.63, 3.8) is 0 Å². The van der Waals surface area contributed by atoms with Crippen molar-refractivity contribution in [3.8, 4) is 0 Å². The van der Waals surface area contributed by atoms with E-state index >= 15 is 0 Å². The second kappa shape index (κ2) is 7.22. The molecule has 5 heteroatoms. The van der Waals surface area contributed by atoms with Crippen molar-refractivity contribution in [3.05, 3.63) is 35.4 Å². The summed E-state index contributed by atoms with van der Waals surface area (Å²) in [5, 5.41) is 11.7. The zero-order chi connectivity index (χ0) is 16.0. The highest BCUT2D eigenvalue weighted by molar-refractivity contribution is 5.78. The summed E-state index contributed by atoms with van der Waals surface area (Å²) in [6.45, 7) is 6.24. The van der Waals surface area contributed by atoms with E-state index in [2.05, 4.69) is 26.1 Å². The summed E-state index contributed by atoms with van der Waals surface area (Å²) in [5.74, 6) is -1.29. The standard InChI is InChI=1S/C16H23NO4/c1-16(2,3)12-7-5-11(6-8-12)13(9-15(19)20)17-14(18)10-21-4/h5-8,13H,9-10H2,1-4H3,(H,17,18)(H,19,20). The van der Waals surface area contributed by atoms with Crippen molar-refractivity contribution in [1.82, 2.24) is 5.32 Å². The first kappa shape index (κ1) is 17.2. The molecule has 1 rings (SSSR count). The van der Waals surface area contributed by atoms with E-state index in [1.807, 2.05) is 24.3 Å². The summed E-state index contributed by atoms with van der Waals surface area (Å²) >= 11 is 0. The van der Waals surface area contributed by atoms with E-state index in [4.69, 9.17) is 9.84 Å². The zero-order valence-electron chi connectivity index (χ0n) is 13.0. The number of carbonyl (C=O) groups excluding carboxylic acids is 1. The summed E-state index contributed by atoms with van der Waals surface area (Å²) in [5.41, 5.74) is 1.96. The second-order valence-corrected chi connectivity index (χ2v) is 6.02. The van der Waals surface area contributed by atoms with Crippen LogP contribution in [0.5, 0.6) is 0 Å². The number of carboxylic acid groups (broad SMARTS) is 1. The van der Waals surface area contributed by atoms with Crippen molar-refractivity contribution in [2.45, 2.75) is 38.6 Å². The third kappa shape index (κ3) is 5.55. The van der Waals surface area contributed by atoms with E-state index in [0.29, 0.717) is 0 Å². The maximum Gasteiger partial charge on any atom is 0.305 e. The molecule has 5 nitrogen and oxygen atoms in total. The predicted molar refractivity (Wildman–Crippen MR) is 80.2 cm³/mol. The molecule has 0 aliphatic carbocycles. The Bertz CT molecular complexity index is 488. The number of benzene rings is 1. The maximum atomic E-state index is 11.6. The summed E-state index contributed by atoms with van der Waals surface area (Å²) in [7, 11) is 1.42. The van der Waals surface area contributed by atoms with Gasteiger partial charge in [-0.15, -0.1) is 0 Å². The van der Waals surface area contributed by atoms with Crippen LogP contribution in [0.3, 0.4) is 0 Å². The number of amides is 1. The van der Waals surface area contributed by atoms with Crippen LogP contribution in [0, 0.1) is 0 Å². The van der Waals surface area contributed by atoms with Gasteiger partial charge < -0.3 is 15.2 Å². The average molecular weight is 293 g/mol. The summed E-state index contributed by atoms with van der Waals surface area (Å²) in [6, 6.07) is 7.10. The molecule has 0 heterocycles. The van der Waals surface area contributed by atoms with Crippen LogP contribution in [0.2, 0.25) is 0 Å². The fourth-order valence-corrected chi connectivity index (χ4v) is 2.01. The highest BCUT2D eigenvalue weighted by Crippen LogP contribution is 2.25. The molecule has 0 aliphatic rings. The highest BCUT2D eigenvalue weighted by atomic mass is 16.5. The van der Waals surface area contributed by atoms with Gasteiger partial charge in [0.2, 0.25) is 5.91 Å². The molecule has 0 saturated heterocycles. The lowest BCUT2D eigenvalue weighted by atomic mass is 9.86. The van der Waals surface area contributed by atoms with Gasteiger partial charge >= 0.3 is 5.97 Å². The Kier molecular flexibility index (Phi) is 5.90. The van der Waals surface area contributed by atoms with Crippen LogP contribution in [0.25, 0.3) is 0 Å². The van der Waals surface area contributed by atoms with Crippen molar-refractivity contribution in [1.29, 1.82) is 0 Å². The van der Waals surface area contributed by atoms with Crippen LogP contribution in [-0.4, -0.2) is 30.7 Å². The van der Waals surface area contributed by atoms with Gasteiger partial charge in [-0.25, -0.2) is 0 Å². The molecule has 0 spiro atoms. The molecule has 1 unspecified atom stereocenters. The number of carbonyl (C=O) groups is 2. The lowest BCUT2D eigenvalue weighted by molar-refractivity contribution is -0.137. The third-order valence-electron chi connectivity index (χ3n) is 3.17. The van der Waals surface area contributed by atoms with Crippen molar-refractivity contribution < 1.29 is 19.4 Å². The van der Waals surface area contributed by atoms with Gasteiger partial charge in [-0.05, 0) is 16.5 Å². The number of ether oxygens (including phenoxy) is 1. The molecule has 0 fully saturated rings. The van der Waals surface area contributed by atoms with E-state index in [-0.39, 0.29) is 24.3 Å². The van der Waals surface area contributed by atoms with Crippen LogP contribution in [0.4, 0.5) is 0 Å². The van der Waals surface area contributed by atoms with Crippen molar-refractivity contribution in [2.24, 2.45) is 0 Å². The Morgan fingerprint density at radius 1 is 1.24 bits per heavy atom. The molecule has 0 aromatic heterocycles. The molecule has 1 aromatic carbocycles. The molecule has 0 bridgehead atoms. The largest absolute Gasteiger partial charge is 0.481 e. The SMILES string of the molecule is COCC(=O)NC(CC(=O)O)c1ccc(C(C)(C)C)cc1. The van der Waals surface area contributed by atoms with E-state index < -0.39 is 12.0 Å². The number of carboxylic acids is 1. The normalized spacial score (nSPS) is 12.8. The van der Waals surface area contributed by atoms with E-state index in [1.165, 1.54) is 7.11 Å². The first-order chi connectivity index (χ1) is 9.74. The molecule has 2 N–H and O–H groups in total.